The SMILES string of the molecule is CC1CCCN(c2cnnc(N3CCN(Cc4ccccc4)CC3)n2)C1. The molecule has 6 nitrogen and oxygen atoms in total. The molecule has 0 spiro atoms. The molecular formula is C20H28N6. The molecule has 1 aromatic heterocycles. The van der Waals surface area contributed by atoms with Gasteiger partial charge in [-0.3, -0.25) is 4.90 Å². The van der Waals surface area contributed by atoms with Gasteiger partial charge < -0.3 is 9.80 Å². The Morgan fingerprint density at radius 1 is 1.00 bits per heavy atom. The summed E-state index contributed by atoms with van der Waals surface area (Å²) in [4.78, 5) is 11.9. The van der Waals surface area contributed by atoms with Crippen LogP contribution < -0.4 is 9.80 Å². The third-order valence-corrected chi connectivity index (χ3v) is 5.42. The van der Waals surface area contributed by atoms with Crippen molar-refractivity contribution in [3.8, 4) is 0 Å². The average molecular weight is 352 g/mol. The van der Waals surface area contributed by atoms with Crippen LogP contribution in [0.5, 0.6) is 0 Å². The molecule has 2 saturated heterocycles. The molecule has 2 aromatic rings. The average Bonchev–Trinajstić information content (AvgIpc) is 2.69. The highest BCUT2D eigenvalue weighted by Gasteiger charge is 2.22. The van der Waals surface area contributed by atoms with Crippen molar-refractivity contribution in [2.24, 2.45) is 5.92 Å². The maximum atomic E-state index is 4.82. The van der Waals surface area contributed by atoms with E-state index in [-0.39, 0.29) is 0 Å². The van der Waals surface area contributed by atoms with Gasteiger partial charge >= 0.3 is 0 Å². The first-order valence-electron chi connectivity index (χ1n) is 9.74. The van der Waals surface area contributed by atoms with Crippen LogP contribution in [0.3, 0.4) is 0 Å². The molecule has 0 bridgehead atoms. The Bertz CT molecular complexity index is 698. The Kier molecular flexibility index (Phi) is 5.29. The zero-order valence-electron chi connectivity index (χ0n) is 15.6. The van der Waals surface area contributed by atoms with Crippen LogP contribution in [-0.4, -0.2) is 59.3 Å². The van der Waals surface area contributed by atoms with Crippen molar-refractivity contribution in [3.63, 3.8) is 0 Å². The van der Waals surface area contributed by atoms with E-state index in [1.807, 2.05) is 6.20 Å². The molecule has 2 aliphatic rings. The lowest BCUT2D eigenvalue weighted by Gasteiger charge is -2.35. The predicted molar refractivity (Wildman–Crippen MR) is 104 cm³/mol. The molecule has 0 aliphatic carbocycles. The van der Waals surface area contributed by atoms with Crippen LogP contribution in [0.4, 0.5) is 11.8 Å². The quantitative estimate of drug-likeness (QED) is 0.842. The summed E-state index contributed by atoms with van der Waals surface area (Å²) in [6.45, 7) is 9.44. The topological polar surface area (TPSA) is 48.4 Å². The van der Waals surface area contributed by atoms with E-state index in [9.17, 15) is 0 Å². The molecule has 0 N–H and O–H groups in total. The third-order valence-electron chi connectivity index (χ3n) is 5.42. The summed E-state index contributed by atoms with van der Waals surface area (Å²) in [7, 11) is 0. The second-order valence-corrected chi connectivity index (χ2v) is 7.56. The number of piperidine rings is 1. The molecule has 1 unspecified atom stereocenters. The molecule has 26 heavy (non-hydrogen) atoms. The Hall–Kier alpha value is -2.21. The Labute approximate surface area is 155 Å². The van der Waals surface area contributed by atoms with E-state index >= 15 is 0 Å². The van der Waals surface area contributed by atoms with Gasteiger partial charge in [0.2, 0.25) is 5.95 Å². The van der Waals surface area contributed by atoms with Gasteiger partial charge in [0.05, 0.1) is 6.20 Å². The monoisotopic (exact) mass is 352 g/mol. The van der Waals surface area contributed by atoms with Crippen LogP contribution in [-0.2, 0) is 6.54 Å². The van der Waals surface area contributed by atoms with Crippen molar-refractivity contribution in [2.75, 3.05) is 49.1 Å². The number of rotatable bonds is 4. The Balaban J connectivity index is 1.36. The van der Waals surface area contributed by atoms with E-state index in [1.54, 1.807) is 0 Å². The molecule has 0 amide bonds. The minimum atomic E-state index is 0.726. The lowest BCUT2D eigenvalue weighted by molar-refractivity contribution is 0.248. The molecule has 138 valence electrons. The molecule has 0 saturated carbocycles. The zero-order chi connectivity index (χ0) is 17.8. The lowest BCUT2D eigenvalue weighted by Crippen LogP contribution is -2.46. The van der Waals surface area contributed by atoms with Crippen molar-refractivity contribution < 1.29 is 0 Å². The largest absolute Gasteiger partial charge is 0.355 e. The molecule has 2 fully saturated rings. The summed E-state index contributed by atoms with van der Waals surface area (Å²) in [5.41, 5.74) is 1.38. The van der Waals surface area contributed by atoms with Gasteiger partial charge in [-0.05, 0) is 24.3 Å². The minimum Gasteiger partial charge on any atom is -0.355 e. The smallest absolute Gasteiger partial charge is 0.247 e. The van der Waals surface area contributed by atoms with E-state index in [2.05, 4.69) is 62.2 Å². The van der Waals surface area contributed by atoms with Crippen molar-refractivity contribution >= 4 is 11.8 Å². The van der Waals surface area contributed by atoms with E-state index in [4.69, 9.17) is 4.98 Å². The first kappa shape index (κ1) is 17.2. The third kappa shape index (κ3) is 4.12. The highest BCUT2D eigenvalue weighted by molar-refractivity contribution is 5.42. The van der Waals surface area contributed by atoms with Crippen LogP contribution in [0.25, 0.3) is 0 Å². The van der Waals surface area contributed by atoms with E-state index in [0.717, 1.165) is 63.5 Å². The summed E-state index contributed by atoms with van der Waals surface area (Å²) < 4.78 is 0. The van der Waals surface area contributed by atoms with Gasteiger partial charge in [0.25, 0.3) is 0 Å². The number of piperazine rings is 1. The lowest BCUT2D eigenvalue weighted by atomic mass is 10.0. The summed E-state index contributed by atoms with van der Waals surface area (Å²) >= 11 is 0. The maximum absolute atomic E-state index is 4.82. The van der Waals surface area contributed by atoms with E-state index in [1.165, 1.54) is 18.4 Å². The molecule has 0 radical (unpaired) electrons. The summed E-state index contributed by atoms with van der Waals surface area (Å²) in [5, 5.41) is 8.54. The summed E-state index contributed by atoms with van der Waals surface area (Å²) in [6, 6.07) is 10.7. The van der Waals surface area contributed by atoms with E-state index < -0.39 is 0 Å². The predicted octanol–water partition coefficient (Wildman–Crippen LogP) is 2.43. The van der Waals surface area contributed by atoms with Gasteiger partial charge in [-0.15, -0.1) is 5.10 Å². The molecule has 4 rings (SSSR count). The van der Waals surface area contributed by atoms with E-state index in [0.29, 0.717) is 0 Å². The highest BCUT2D eigenvalue weighted by Crippen LogP contribution is 2.22. The second-order valence-electron chi connectivity index (χ2n) is 7.56. The van der Waals surface area contributed by atoms with Crippen molar-refractivity contribution in [1.29, 1.82) is 0 Å². The fraction of sp³-hybridized carbons (Fsp3) is 0.550. The summed E-state index contributed by atoms with van der Waals surface area (Å²) in [6.07, 6.45) is 4.36. The fourth-order valence-corrected chi connectivity index (χ4v) is 3.92. The van der Waals surface area contributed by atoms with Gasteiger partial charge in [-0.1, -0.05) is 37.3 Å². The number of hydrogen-bond acceptors (Lipinski definition) is 6. The Morgan fingerprint density at radius 3 is 2.58 bits per heavy atom. The van der Waals surface area contributed by atoms with Gasteiger partial charge in [0.15, 0.2) is 5.82 Å². The number of hydrogen-bond donors (Lipinski definition) is 0. The van der Waals surface area contributed by atoms with Crippen molar-refractivity contribution in [2.45, 2.75) is 26.3 Å². The normalized spacial score (nSPS) is 21.8. The van der Waals surface area contributed by atoms with Crippen LogP contribution in [0.2, 0.25) is 0 Å². The van der Waals surface area contributed by atoms with Crippen molar-refractivity contribution in [3.05, 3.63) is 42.1 Å². The zero-order valence-corrected chi connectivity index (χ0v) is 15.6. The van der Waals surface area contributed by atoms with Crippen LogP contribution in [0.15, 0.2) is 36.5 Å². The molecule has 3 heterocycles. The molecular weight excluding hydrogens is 324 g/mol. The van der Waals surface area contributed by atoms with Crippen LogP contribution in [0, 0.1) is 5.92 Å². The van der Waals surface area contributed by atoms with Crippen molar-refractivity contribution in [1.82, 2.24) is 20.1 Å². The number of benzene rings is 1. The number of aromatic nitrogens is 3. The molecule has 1 atom stereocenters. The first-order valence-corrected chi connectivity index (χ1v) is 9.74. The molecule has 1 aromatic carbocycles. The highest BCUT2D eigenvalue weighted by atomic mass is 15.4. The van der Waals surface area contributed by atoms with Gasteiger partial charge in [0, 0.05) is 45.8 Å². The fourth-order valence-electron chi connectivity index (χ4n) is 3.92. The first-order chi connectivity index (χ1) is 12.8. The number of nitrogens with zero attached hydrogens (tertiary/aromatic N) is 6. The Morgan fingerprint density at radius 2 is 1.81 bits per heavy atom. The van der Waals surface area contributed by atoms with Gasteiger partial charge in [-0.2, -0.15) is 10.1 Å². The standard InChI is InChI=1S/C20H28N6/c1-17-6-5-9-26(15-17)19-14-21-23-20(22-19)25-12-10-24(11-13-25)16-18-7-3-2-4-8-18/h2-4,7-8,14,17H,5-6,9-13,15-16H2,1H3. The van der Waals surface area contributed by atoms with Gasteiger partial charge in [0.1, 0.15) is 0 Å². The molecule has 6 heteroatoms. The summed E-state index contributed by atoms with van der Waals surface area (Å²) in [5.74, 6) is 2.48. The number of anilines is 2. The van der Waals surface area contributed by atoms with Crippen LogP contribution >= 0.6 is 0 Å². The minimum absolute atomic E-state index is 0.726. The molecule has 2 aliphatic heterocycles. The van der Waals surface area contributed by atoms with Gasteiger partial charge in [-0.25, -0.2) is 0 Å². The second kappa shape index (κ2) is 7.99. The maximum Gasteiger partial charge on any atom is 0.247 e. The van der Waals surface area contributed by atoms with Crippen LogP contribution in [0.1, 0.15) is 25.3 Å².